The number of likely N-dealkylation sites (N-methyl/N-ethyl adjacent to an activating group) is 1. The van der Waals surface area contributed by atoms with Gasteiger partial charge in [0.15, 0.2) is 0 Å². The van der Waals surface area contributed by atoms with Crippen molar-refractivity contribution in [2.24, 2.45) is 0 Å². The lowest BCUT2D eigenvalue weighted by Gasteiger charge is -2.18. The standard InChI is InChI=1S/C18H22N2O3/c1-20(12-14-8-4-6-10-16(14)22-2)13-18(21)19-15-9-5-7-11-17(15)23-3/h4-11H,12-13H2,1-3H3,(H,19,21). The van der Waals surface area contributed by atoms with Crippen LogP contribution in [0.25, 0.3) is 0 Å². The SMILES string of the molecule is COc1ccccc1CN(C)CC(=O)Nc1ccccc1OC. The topological polar surface area (TPSA) is 50.8 Å². The zero-order valence-electron chi connectivity index (χ0n) is 13.7. The van der Waals surface area contributed by atoms with E-state index in [2.05, 4.69) is 5.32 Å². The Balaban J connectivity index is 1.94. The monoisotopic (exact) mass is 314 g/mol. The Labute approximate surface area is 136 Å². The number of para-hydroxylation sites is 3. The first-order chi connectivity index (χ1) is 11.1. The van der Waals surface area contributed by atoms with Gasteiger partial charge in [-0.05, 0) is 25.2 Å². The van der Waals surface area contributed by atoms with Crippen molar-refractivity contribution < 1.29 is 14.3 Å². The van der Waals surface area contributed by atoms with Gasteiger partial charge in [-0.3, -0.25) is 9.69 Å². The van der Waals surface area contributed by atoms with Crippen LogP contribution in [-0.2, 0) is 11.3 Å². The first-order valence-electron chi connectivity index (χ1n) is 7.37. The van der Waals surface area contributed by atoms with Gasteiger partial charge in [0.1, 0.15) is 11.5 Å². The molecule has 0 spiro atoms. The number of ether oxygens (including phenoxy) is 2. The molecule has 2 aromatic rings. The van der Waals surface area contributed by atoms with Crippen molar-refractivity contribution in [2.75, 3.05) is 33.1 Å². The van der Waals surface area contributed by atoms with Crippen LogP contribution in [0.4, 0.5) is 5.69 Å². The highest BCUT2D eigenvalue weighted by molar-refractivity contribution is 5.93. The van der Waals surface area contributed by atoms with Gasteiger partial charge < -0.3 is 14.8 Å². The first-order valence-corrected chi connectivity index (χ1v) is 7.37. The largest absolute Gasteiger partial charge is 0.496 e. The summed E-state index contributed by atoms with van der Waals surface area (Å²) in [5.74, 6) is 1.38. The van der Waals surface area contributed by atoms with E-state index < -0.39 is 0 Å². The Morgan fingerprint density at radius 1 is 1.00 bits per heavy atom. The highest BCUT2D eigenvalue weighted by atomic mass is 16.5. The Morgan fingerprint density at radius 2 is 1.61 bits per heavy atom. The molecular formula is C18H22N2O3. The van der Waals surface area contributed by atoms with E-state index in [0.717, 1.165) is 11.3 Å². The van der Waals surface area contributed by atoms with Crippen molar-refractivity contribution in [1.29, 1.82) is 0 Å². The number of hydrogen-bond acceptors (Lipinski definition) is 4. The summed E-state index contributed by atoms with van der Waals surface area (Å²) >= 11 is 0. The number of amides is 1. The lowest BCUT2D eigenvalue weighted by molar-refractivity contribution is -0.117. The number of carbonyl (C=O) groups excluding carboxylic acids is 1. The molecule has 0 bridgehead atoms. The fourth-order valence-electron chi connectivity index (χ4n) is 2.36. The first kappa shape index (κ1) is 16.8. The predicted octanol–water partition coefficient (Wildman–Crippen LogP) is 2.77. The molecule has 5 heteroatoms. The van der Waals surface area contributed by atoms with E-state index in [1.165, 1.54) is 0 Å². The molecule has 5 nitrogen and oxygen atoms in total. The van der Waals surface area contributed by atoms with Crippen molar-refractivity contribution in [2.45, 2.75) is 6.54 Å². The molecule has 23 heavy (non-hydrogen) atoms. The van der Waals surface area contributed by atoms with Crippen molar-refractivity contribution in [3.8, 4) is 11.5 Å². The molecule has 0 aliphatic carbocycles. The number of methoxy groups -OCH3 is 2. The van der Waals surface area contributed by atoms with Gasteiger partial charge in [0.05, 0.1) is 26.5 Å². The van der Waals surface area contributed by atoms with Gasteiger partial charge in [-0.15, -0.1) is 0 Å². The van der Waals surface area contributed by atoms with Crippen LogP contribution in [0.15, 0.2) is 48.5 Å². The number of hydrogen-bond donors (Lipinski definition) is 1. The van der Waals surface area contributed by atoms with Crippen molar-refractivity contribution in [1.82, 2.24) is 4.90 Å². The van der Waals surface area contributed by atoms with Crippen LogP contribution in [0, 0.1) is 0 Å². The van der Waals surface area contributed by atoms with Crippen molar-refractivity contribution in [3.63, 3.8) is 0 Å². The molecule has 0 aliphatic heterocycles. The van der Waals surface area contributed by atoms with E-state index in [0.29, 0.717) is 18.0 Å². The number of nitrogens with one attached hydrogen (secondary N) is 1. The molecule has 0 atom stereocenters. The molecule has 0 radical (unpaired) electrons. The molecule has 0 aliphatic rings. The number of carbonyl (C=O) groups is 1. The molecule has 0 fully saturated rings. The van der Waals surface area contributed by atoms with E-state index in [1.807, 2.05) is 60.5 Å². The fourth-order valence-corrected chi connectivity index (χ4v) is 2.36. The lowest BCUT2D eigenvalue weighted by Crippen LogP contribution is -2.30. The molecular weight excluding hydrogens is 292 g/mol. The van der Waals surface area contributed by atoms with E-state index in [4.69, 9.17) is 9.47 Å². The minimum atomic E-state index is -0.0908. The summed E-state index contributed by atoms with van der Waals surface area (Å²) in [7, 11) is 5.13. The Morgan fingerprint density at radius 3 is 2.30 bits per heavy atom. The van der Waals surface area contributed by atoms with Crippen LogP contribution < -0.4 is 14.8 Å². The van der Waals surface area contributed by atoms with Gasteiger partial charge in [0.2, 0.25) is 5.91 Å². The quantitative estimate of drug-likeness (QED) is 0.854. The second-order valence-electron chi connectivity index (χ2n) is 5.23. The minimum absolute atomic E-state index is 0.0908. The molecule has 2 rings (SSSR count). The smallest absolute Gasteiger partial charge is 0.238 e. The summed E-state index contributed by atoms with van der Waals surface area (Å²) in [4.78, 5) is 14.1. The molecule has 1 N–H and O–H groups in total. The van der Waals surface area contributed by atoms with Crippen LogP contribution in [0.2, 0.25) is 0 Å². The molecule has 0 saturated heterocycles. The van der Waals surface area contributed by atoms with E-state index >= 15 is 0 Å². The molecule has 2 aromatic carbocycles. The third-order valence-electron chi connectivity index (χ3n) is 3.43. The normalized spacial score (nSPS) is 10.4. The van der Waals surface area contributed by atoms with Gasteiger partial charge >= 0.3 is 0 Å². The summed E-state index contributed by atoms with van der Waals surface area (Å²) in [6.45, 7) is 0.902. The van der Waals surface area contributed by atoms with Crippen LogP contribution in [0.5, 0.6) is 11.5 Å². The Hall–Kier alpha value is -2.53. The average molecular weight is 314 g/mol. The summed E-state index contributed by atoms with van der Waals surface area (Å²) < 4.78 is 10.6. The fraction of sp³-hybridized carbons (Fsp3) is 0.278. The number of nitrogens with zero attached hydrogens (tertiary/aromatic N) is 1. The molecule has 0 aromatic heterocycles. The summed E-state index contributed by atoms with van der Waals surface area (Å²) in [6, 6.07) is 15.1. The van der Waals surface area contributed by atoms with E-state index in [1.54, 1.807) is 14.2 Å². The maximum absolute atomic E-state index is 12.2. The number of rotatable bonds is 7. The van der Waals surface area contributed by atoms with Crippen LogP contribution in [-0.4, -0.2) is 38.6 Å². The maximum Gasteiger partial charge on any atom is 0.238 e. The van der Waals surface area contributed by atoms with Gasteiger partial charge in [-0.1, -0.05) is 30.3 Å². The van der Waals surface area contributed by atoms with Gasteiger partial charge in [0.25, 0.3) is 0 Å². The molecule has 0 heterocycles. The number of anilines is 1. The molecule has 0 saturated carbocycles. The maximum atomic E-state index is 12.2. The van der Waals surface area contributed by atoms with Crippen LogP contribution >= 0.6 is 0 Å². The highest BCUT2D eigenvalue weighted by Crippen LogP contribution is 2.23. The third kappa shape index (κ3) is 4.72. The van der Waals surface area contributed by atoms with Gasteiger partial charge in [-0.2, -0.15) is 0 Å². The van der Waals surface area contributed by atoms with Crippen LogP contribution in [0.1, 0.15) is 5.56 Å². The predicted molar refractivity (Wildman–Crippen MR) is 91.0 cm³/mol. The minimum Gasteiger partial charge on any atom is -0.496 e. The van der Waals surface area contributed by atoms with Crippen molar-refractivity contribution in [3.05, 3.63) is 54.1 Å². The van der Waals surface area contributed by atoms with Crippen LogP contribution in [0.3, 0.4) is 0 Å². The second-order valence-corrected chi connectivity index (χ2v) is 5.23. The summed E-state index contributed by atoms with van der Waals surface area (Å²) in [5, 5.41) is 2.87. The molecule has 122 valence electrons. The molecule has 1 amide bonds. The van der Waals surface area contributed by atoms with Gasteiger partial charge in [-0.25, -0.2) is 0 Å². The highest BCUT2D eigenvalue weighted by Gasteiger charge is 2.11. The van der Waals surface area contributed by atoms with E-state index in [-0.39, 0.29) is 12.5 Å². The zero-order valence-corrected chi connectivity index (χ0v) is 13.7. The van der Waals surface area contributed by atoms with Gasteiger partial charge in [0, 0.05) is 12.1 Å². The van der Waals surface area contributed by atoms with E-state index in [9.17, 15) is 4.79 Å². The summed E-state index contributed by atoms with van der Waals surface area (Å²) in [5.41, 5.74) is 1.72. The Bertz CT molecular complexity index is 658. The summed E-state index contributed by atoms with van der Waals surface area (Å²) in [6.07, 6.45) is 0. The lowest BCUT2D eigenvalue weighted by atomic mass is 10.2. The third-order valence-corrected chi connectivity index (χ3v) is 3.43. The second kappa shape index (κ2) is 8.19. The molecule has 0 unspecified atom stereocenters. The Kier molecular flexibility index (Phi) is 6.00. The number of benzene rings is 2. The zero-order chi connectivity index (χ0) is 16.7. The average Bonchev–Trinajstić information content (AvgIpc) is 2.55. The van der Waals surface area contributed by atoms with Crippen molar-refractivity contribution >= 4 is 11.6 Å².